The van der Waals surface area contributed by atoms with E-state index in [0.29, 0.717) is 11.5 Å². The van der Waals surface area contributed by atoms with E-state index in [0.717, 1.165) is 5.92 Å². The number of hydrogen-bond donors (Lipinski definition) is 2. The fourth-order valence-electron chi connectivity index (χ4n) is 2.70. The van der Waals surface area contributed by atoms with Gasteiger partial charge in [0.2, 0.25) is 0 Å². The fraction of sp³-hybridized carbons (Fsp3) is 0.833. The Balaban J connectivity index is 2.03. The Hall–Kier alpha value is -0.340. The van der Waals surface area contributed by atoms with Crippen molar-refractivity contribution in [2.75, 3.05) is 0 Å². The van der Waals surface area contributed by atoms with Crippen LogP contribution in [0.15, 0.2) is 11.6 Å². The summed E-state index contributed by atoms with van der Waals surface area (Å²) >= 11 is 0. The summed E-state index contributed by atoms with van der Waals surface area (Å²) in [6.45, 7) is 4.68. The molecule has 0 aromatic rings. The normalized spacial score (nSPS) is 32.2. The van der Waals surface area contributed by atoms with Crippen molar-refractivity contribution in [3.8, 4) is 0 Å². The minimum Gasteiger partial charge on any atom is -0.271 e. The summed E-state index contributed by atoms with van der Waals surface area (Å²) in [6, 6.07) is 0.449. The van der Waals surface area contributed by atoms with Crippen LogP contribution >= 0.6 is 0 Å². The second-order valence-electron chi connectivity index (χ2n) is 5.47. The highest BCUT2D eigenvalue weighted by molar-refractivity contribution is 5.20. The molecule has 80 valence electrons. The van der Waals surface area contributed by atoms with Gasteiger partial charge in [-0.1, -0.05) is 25.5 Å². The molecule has 2 heteroatoms. The van der Waals surface area contributed by atoms with Crippen molar-refractivity contribution in [1.29, 1.82) is 0 Å². The van der Waals surface area contributed by atoms with Gasteiger partial charge in [0.1, 0.15) is 0 Å². The Labute approximate surface area is 86.9 Å². The zero-order chi connectivity index (χ0) is 10.2. The molecule has 0 bridgehead atoms. The molecule has 0 radical (unpaired) electrons. The largest absolute Gasteiger partial charge is 0.271 e. The topological polar surface area (TPSA) is 38.0 Å². The Bertz CT molecular complexity index is 243. The third kappa shape index (κ3) is 1.86. The number of hydrogen-bond acceptors (Lipinski definition) is 2. The number of rotatable bonds is 3. The average molecular weight is 194 g/mol. The predicted molar refractivity (Wildman–Crippen MR) is 59.6 cm³/mol. The van der Waals surface area contributed by atoms with Gasteiger partial charge in [-0.25, -0.2) is 0 Å². The second kappa shape index (κ2) is 3.67. The Morgan fingerprint density at radius 2 is 2.21 bits per heavy atom. The molecule has 0 saturated heterocycles. The Morgan fingerprint density at radius 1 is 1.50 bits per heavy atom. The molecular formula is C12H22N2. The monoisotopic (exact) mass is 194 g/mol. The molecule has 3 N–H and O–H groups in total. The molecule has 2 aliphatic rings. The molecule has 14 heavy (non-hydrogen) atoms. The van der Waals surface area contributed by atoms with Crippen molar-refractivity contribution in [3.63, 3.8) is 0 Å². The van der Waals surface area contributed by atoms with Crippen LogP contribution in [0.3, 0.4) is 0 Å². The minimum atomic E-state index is 0.449. The van der Waals surface area contributed by atoms with E-state index >= 15 is 0 Å². The van der Waals surface area contributed by atoms with Crippen molar-refractivity contribution < 1.29 is 0 Å². The zero-order valence-electron chi connectivity index (χ0n) is 9.34. The summed E-state index contributed by atoms with van der Waals surface area (Å²) in [5.41, 5.74) is 5.09. The lowest BCUT2D eigenvalue weighted by atomic mass is 9.89. The molecule has 1 saturated carbocycles. The van der Waals surface area contributed by atoms with Crippen LogP contribution in [0.25, 0.3) is 0 Å². The predicted octanol–water partition coefficient (Wildman–Crippen LogP) is 2.36. The maximum Gasteiger partial charge on any atom is 0.0453 e. The molecule has 0 spiro atoms. The van der Waals surface area contributed by atoms with Gasteiger partial charge in [0.15, 0.2) is 0 Å². The van der Waals surface area contributed by atoms with Crippen molar-refractivity contribution >= 4 is 0 Å². The van der Waals surface area contributed by atoms with Gasteiger partial charge in [-0.2, -0.15) is 0 Å². The van der Waals surface area contributed by atoms with Crippen molar-refractivity contribution in [1.82, 2.24) is 5.43 Å². The summed E-state index contributed by atoms with van der Waals surface area (Å²) in [4.78, 5) is 0. The highest BCUT2D eigenvalue weighted by atomic mass is 15.2. The molecular weight excluding hydrogens is 172 g/mol. The standard InChI is InChI=1S/C12H22N2/c1-12(2)8-10(12)11(14-13)9-6-4-3-5-7-9/h6,10-11,14H,3-5,7-8,13H2,1-2H3. The lowest BCUT2D eigenvalue weighted by Gasteiger charge is -2.24. The van der Waals surface area contributed by atoms with Crippen LogP contribution in [0.1, 0.15) is 46.0 Å². The maximum atomic E-state index is 5.67. The quantitative estimate of drug-likeness (QED) is 0.411. The summed E-state index contributed by atoms with van der Waals surface area (Å²) in [5, 5.41) is 0. The highest BCUT2D eigenvalue weighted by Crippen LogP contribution is 2.55. The third-order valence-electron chi connectivity index (χ3n) is 3.90. The van der Waals surface area contributed by atoms with E-state index in [-0.39, 0.29) is 0 Å². The maximum absolute atomic E-state index is 5.67. The van der Waals surface area contributed by atoms with Crippen LogP contribution in [-0.2, 0) is 0 Å². The van der Waals surface area contributed by atoms with Gasteiger partial charge in [-0.3, -0.25) is 11.3 Å². The third-order valence-corrected chi connectivity index (χ3v) is 3.90. The number of hydrazine groups is 1. The molecule has 2 aliphatic carbocycles. The van der Waals surface area contributed by atoms with Gasteiger partial charge in [-0.15, -0.1) is 0 Å². The SMILES string of the molecule is CC1(C)CC1C(NN)C1=CCCCC1. The van der Waals surface area contributed by atoms with Crippen LogP contribution in [0.2, 0.25) is 0 Å². The molecule has 0 heterocycles. The lowest BCUT2D eigenvalue weighted by molar-refractivity contribution is 0.434. The first-order valence-electron chi connectivity index (χ1n) is 5.80. The summed E-state index contributed by atoms with van der Waals surface area (Å²) in [6.07, 6.45) is 8.93. The van der Waals surface area contributed by atoms with Gasteiger partial charge in [-0.05, 0) is 43.4 Å². The Kier molecular flexibility index (Phi) is 2.67. The first-order valence-corrected chi connectivity index (χ1v) is 5.80. The van der Waals surface area contributed by atoms with Gasteiger partial charge in [0.05, 0.1) is 0 Å². The molecule has 2 unspecified atom stereocenters. The minimum absolute atomic E-state index is 0.449. The van der Waals surface area contributed by atoms with E-state index in [1.807, 2.05) is 0 Å². The van der Waals surface area contributed by atoms with Crippen LogP contribution in [0.5, 0.6) is 0 Å². The van der Waals surface area contributed by atoms with Crippen molar-refractivity contribution in [2.45, 2.75) is 52.0 Å². The first kappa shape index (κ1) is 10.2. The van der Waals surface area contributed by atoms with Crippen LogP contribution < -0.4 is 11.3 Å². The van der Waals surface area contributed by atoms with Crippen LogP contribution in [-0.4, -0.2) is 6.04 Å². The highest BCUT2D eigenvalue weighted by Gasteiger charge is 2.50. The van der Waals surface area contributed by atoms with Crippen LogP contribution in [0, 0.1) is 11.3 Å². The van der Waals surface area contributed by atoms with Crippen molar-refractivity contribution in [3.05, 3.63) is 11.6 Å². The van der Waals surface area contributed by atoms with E-state index in [9.17, 15) is 0 Å². The molecule has 0 amide bonds. The second-order valence-corrected chi connectivity index (χ2v) is 5.47. The molecule has 1 fully saturated rings. The molecule has 2 nitrogen and oxygen atoms in total. The van der Waals surface area contributed by atoms with Gasteiger partial charge in [0, 0.05) is 6.04 Å². The number of allylic oxidation sites excluding steroid dienone is 1. The van der Waals surface area contributed by atoms with Crippen molar-refractivity contribution in [2.24, 2.45) is 17.2 Å². The molecule has 2 atom stereocenters. The first-order chi connectivity index (χ1) is 6.65. The average Bonchev–Trinajstić information content (AvgIpc) is 2.78. The lowest BCUT2D eigenvalue weighted by Crippen LogP contribution is -2.39. The number of nitrogens with one attached hydrogen (secondary N) is 1. The Morgan fingerprint density at radius 3 is 2.64 bits per heavy atom. The summed E-state index contributed by atoms with van der Waals surface area (Å²) in [7, 11) is 0. The summed E-state index contributed by atoms with van der Waals surface area (Å²) < 4.78 is 0. The molecule has 0 aromatic carbocycles. The summed E-state index contributed by atoms with van der Waals surface area (Å²) in [5.74, 6) is 6.44. The van der Waals surface area contributed by atoms with E-state index in [2.05, 4.69) is 25.3 Å². The smallest absolute Gasteiger partial charge is 0.0453 e. The van der Waals surface area contributed by atoms with Gasteiger partial charge >= 0.3 is 0 Å². The van der Waals surface area contributed by atoms with E-state index in [1.165, 1.54) is 32.1 Å². The molecule has 0 aliphatic heterocycles. The van der Waals surface area contributed by atoms with E-state index in [4.69, 9.17) is 5.84 Å². The van der Waals surface area contributed by atoms with Crippen LogP contribution in [0.4, 0.5) is 0 Å². The molecule has 0 aromatic heterocycles. The van der Waals surface area contributed by atoms with E-state index < -0.39 is 0 Å². The van der Waals surface area contributed by atoms with Gasteiger partial charge < -0.3 is 0 Å². The fourth-order valence-corrected chi connectivity index (χ4v) is 2.70. The van der Waals surface area contributed by atoms with Gasteiger partial charge in [0.25, 0.3) is 0 Å². The molecule has 2 rings (SSSR count). The van der Waals surface area contributed by atoms with E-state index in [1.54, 1.807) is 5.57 Å². The number of nitrogens with two attached hydrogens (primary N) is 1. The zero-order valence-corrected chi connectivity index (χ0v) is 9.34.